The number of amides is 2. The van der Waals surface area contributed by atoms with Gasteiger partial charge in [0.1, 0.15) is 6.10 Å². The minimum Gasteiger partial charge on any atom is -0.472 e. The lowest BCUT2D eigenvalue weighted by Crippen LogP contribution is -2.42. The number of nitrogens with zero attached hydrogens (tertiary/aromatic N) is 2. The minimum absolute atomic E-state index is 0.0158. The van der Waals surface area contributed by atoms with Crippen LogP contribution in [0.5, 0.6) is 5.88 Å². The standard InChI is InChI=1S/C14H21N3O2/c1-10(2)16-14(18)17-7-6-12(9-17)19-13-5-4-11(3)8-15-13/h4-5,8,10,12H,6-7,9H2,1-3H3,(H,16,18)/t12-/m0/s1. The van der Waals surface area contributed by atoms with E-state index in [2.05, 4.69) is 10.3 Å². The molecule has 0 unspecified atom stereocenters. The number of aromatic nitrogens is 1. The van der Waals surface area contributed by atoms with Gasteiger partial charge in [-0.25, -0.2) is 9.78 Å². The maximum Gasteiger partial charge on any atom is 0.317 e. The van der Waals surface area contributed by atoms with Gasteiger partial charge in [-0.3, -0.25) is 0 Å². The highest BCUT2D eigenvalue weighted by Gasteiger charge is 2.27. The van der Waals surface area contributed by atoms with E-state index < -0.39 is 0 Å². The van der Waals surface area contributed by atoms with Gasteiger partial charge >= 0.3 is 6.03 Å². The second-order valence-corrected chi connectivity index (χ2v) is 5.25. The Morgan fingerprint density at radius 3 is 2.95 bits per heavy atom. The monoisotopic (exact) mass is 263 g/mol. The van der Waals surface area contributed by atoms with Crippen molar-refractivity contribution in [3.8, 4) is 5.88 Å². The molecular weight excluding hydrogens is 242 g/mol. The van der Waals surface area contributed by atoms with Crippen molar-refractivity contribution in [3.63, 3.8) is 0 Å². The second kappa shape index (κ2) is 5.91. The molecule has 1 saturated heterocycles. The van der Waals surface area contributed by atoms with Gasteiger partial charge in [-0.1, -0.05) is 6.07 Å². The van der Waals surface area contributed by atoms with Crippen LogP contribution in [0.15, 0.2) is 18.3 Å². The number of carbonyl (C=O) groups excluding carboxylic acids is 1. The molecule has 0 radical (unpaired) electrons. The van der Waals surface area contributed by atoms with Gasteiger partial charge in [0, 0.05) is 31.3 Å². The fourth-order valence-corrected chi connectivity index (χ4v) is 2.04. The molecule has 0 aromatic carbocycles. The van der Waals surface area contributed by atoms with Crippen LogP contribution < -0.4 is 10.1 Å². The van der Waals surface area contributed by atoms with Crippen LogP contribution in [0.3, 0.4) is 0 Å². The molecule has 1 aromatic rings. The molecule has 2 heterocycles. The number of pyridine rings is 1. The summed E-state index contributed by atoms with van der Waals surface area (Å²) in [6.07, 6.45) is 2.67. The lowest BCUT2D eigenvalue weighted by Gasteiger charge is -2.19. The first-order valence-corrected chi connectivity index (χ1v) is 6.69. The van der Waals surface area contributed by atoms with E-state index >= 15 is 0 Å². The van der Waals surface area contributed by atoms with Gasteiger partial charge in [0.25, 0.3) is 0 Å². The van der Waals surface area contributed by atoms with E-state index in [1.807, 2.05) is 32.9 Å². The maximum atomic E-state index is 11.8. The normalized spacial score (nSPS) is 18.7. The van der Waals surface area contributed by atoms with E-state index in [-0.39, 0.29) is 18.2 Å². The molecule has 1 atom stereocenters. The van der Waals surface area contributed by atoms with Gasteiger partial charge in [-0.15, -0.1) is 0 Å². The molecule has 1 fully saturated rings. The Kier molecular flexibility index (Phi) is 4.24. The molecular formula is C14H21N3O2. The molecule has 2 amide bonds. The SMILES string of the molecule is Cc1ccc(O[C@H]2CCN(C(=O)NC(C)C)C2)nc1. The number of likely N-dealkylation sites (tertiary alicyclic amines) is 1. The minimum atomic E-state index is -0.0158. The largest absolute Gasteiger partial charge is 0.472 e. The average molecular weight is 263 g/mol. The third-order valence-corrected chi connectivity index (χ3v) is 3.02. The summed E-state index contributed by atoms with van der Waals surface area (Å²) >= 11 is 0. The number of nitrogens with one attached hydrogen (secondary N) is 1. The molecule has 0 saturated carbocycles. The molecule has 1 aromatic heterocycles. The van der Waals surface area contributed by atoms with E-state index in [1.54, 1.807) is 11.1 Å². The molecule has 0 bridgehead atoms. The lowest BCUT2D eigenvalue weighted by molar-refractivity contribution is 0.181. The summed E-state index contributed by atoms with van der Waals surface area (Å²) in [4.78, 5) is 17.9. The Morgan fingerprint density at radius 2 is 2.32 bits per heavy atom. The van der Waals surface area contributed by atoms with Crippen molar-refractivity contribution in [2.75, 3.05) is 13.1 Å². The molecule has 1 aliphatic heterocycles. The number of ether oxygens (including phenoxy) is 1. The molecule has 5 heteroatoms. The predicted molar refractivity (Wildman–Crippen MR) is 73.2 cm³/mol. The number of hydrogen-bond donors (Lipinski definition) is 1. The Morgan fingerprint density at radius 1 is 1.53 bits per heavy atom. The molecule has 0 aliphatic carbocycles. The first-order valence-electron chi connectivity index (χ1n) is 6.69. The smallest absolute Gasteiger partial charge is 0.317 e. The van der Waals surface area contributed by atoms with E-state index in [1.165, 1.54) is 0 Å². The molecule has 2 rings (SSSR count). The summed E-state index contributed by atoms with van der Waals surface area (Å²) in [7, 11) is 0. The van der Waals surface area contributed by atoms with Gasteiger partial charge in [0.15, 0.2) is 0 Å². The Labute approximate surface area is 114 Å². The van der Waals surface area contributed by atoms with Crippen LogP contribution in [0, 0.1) is 6.92 Å². The summed E-state index contributed by atoms with van der Waals surface area (Å²) < 4.78 is 5.78. The first kappa shape index (κ1) is 13.6. The highest BCUT2D eigenvalue weighted by atomic mass is 16.5. The summed E-state index contributed by atoms with van der Waals surface area (Å²) in [5.74, 6) is 0.627. The third kappa shape index (κ3) is 3.84. The Hall–Kier alpha value is -1.78. The van der Waals surface area contributed by atoms with Gasteiger partial charge in [0.05, 0.1) is 6.54 Å². The zero-order valence-electron chi connectivity index (χ0n) is 11.7. The van der Waals surface area contributed by atoms with Gasteiger partial charge < -0.3 is 15.0 Å². The van der Waals surface area contributed by atoms with Crippen LogP contribution in [0.2, 0.25) is 0 Å². The van der Waals surface area contributed by atoms with Crippen LogP contribution in [-0.4, -0.2) is 41.2 Å². The van der Waals surface area contributed by atoms with Crippen molar-refractivity contribution in [2.24, 2.45) is 0 Å². The summed E-state index contributed by atoms with van der Waals surface area (Å²) in [6.45, 7) is 7.25. The van der Waals surface area contributed by atoms with Crippen LogP contribution in [0.4, 0.5) is 4.79 Å². The number of rotatable bonds is 3. The average Bonchev–Trinajstić information content (AvgIpc) is 2.80. The molecule has 104 valence electrons. The van der Waals surface area contributed by atoms with Gasteiger partial charge in [-0.05, 0) is 26.3 Å². The topological polar surface area (TPSA) is 54.5 Å². The van der Waals surface area contributed by atoms with Crippen molar-refractivity contribution in [3.05, 3.63) is 23.9 Å². The number of hydrogen-bond acceptors (Lipinski definition) is 3. The fraction of sp³-hybridized carbons (Fsp3) is 0.571. The van der Waals surface area contributed by atoms with Crippen molar-refractivity contribution < 1.29 is 9.53 Å². The van der Waals surface area contributed by atoms with E-state index in [9.17, 15) is 4.79 Å². The van der Waals surface area contributed by atoms with E-state index in [0.29, 0.717) is 12.4 Å². The van der Waals surface area contributed by atoms with Gasteiger partial charge in [0.2, 0.25) is 5.88 Å². The molecule has 1 N–H and O–H groups in total. The van der Waals surface area contributed by atoms with Crippen LogP contribution >= 0.6 is 0 Å². The Bertz CT molecular complexity index is 431. The Balaban J connectivity index is 1.85. The maximum absolute atomic E-state index is 11.8. The third-order valence-electron chi connectivity index (χ3n) is 3.02. The zero-order valence-corrected chi connectivity index (χ0v) is 11.7. The second-order valence-electron chi connectivity index (χ2n) is 5.25. The number of aryl methyl sites for hydroxylation is 1. The quantitative estimate of drug-likeness (QED) is 0.907. The van der Waals surface area contributed by atoms with Crippen LogP contribution in [0.1, 0.15) is 25.8 Å². The van der Waals surface area contributed by atoms with Crippen molar-refractivity contribution >= 4 is 6.03 Å². The van der Waals surface area contributed by atoms with Gasteiger partial charge in [-0.2, -0.15) is 0 Å². The van der Waals surface area contributed by atoms with Crippen molar-refractivity contribution in [1.82, 2.24) is 15.2 Å². The molecule has 5 nitrogen and oxygen atoms in total. The van der Waals surface area contributed by atoms with Crippen molar-refractivity contribution in [1.29, 1.82) is 0 Å². The highest BCUT2D eigenvalue weighted by Crippen LogP contribution is 2.16. The first-order chi connectivity index (χ1) is 9.04. The van der Waals surface area contributed by atoms with Crippen LogP contribution in [-0.2, 0) is 0 Å². The molecule has 0 spiro atoms. The number of carbonyl (C=O) groups is 1. The van der Waals surface area contributed by atoms with E-state index in [0.717, 1.165) is 18.5 Å². The summed E-state index contributed by atoms with van der Waals surface area (Å²) in [5, 5.41) is 2.89. The summed E-state index contributed by atoms with van der Waals surface area (Å²) in [5.41, 5.74) is 1.11. The fourth-order valence-electron chi connectivity index (χ4n) is 2.04. The predicted octanol–water partition coefficient (Wildman–Crippen LogP) is 1.96. The molecule has 1 aliphatic rings. The lowest BCUT2D eigenvalue weighted by atomic mass is 10.3. The number of urea groups is 1. The van der Waals surface area contributed by atoms with E-state index in [4.69, 9.17) is 4.74 Å². The van der Waals surface area contributed by atoms with Crippen molar-refractivity contribution in [2.45, 2.75) is 39.3 Å². The van der Waals surface area contributed by atoms with Crippen LogP contribution in [0.25, 0.3) is 0 Å². The zero-order chi connectivity index (χ0) is 13.8. The summed E-state index contributed by atoms with van der Waals surface area (Å²) in [6, 6.07) is 3.98. The highest BCUT2D eigenvalue weighted by molar-refractivity contribution is 5.74. The molecule has 19 heavy (non-hydrogen) atoms.